The van der Waals surface area contributed by atoms with Crippen LogP contribution in [0.3, 0.4) is 0 Å². The van der Waals surface area contributed by atoms with Crippen molar-refractivity contribution in [3.8, 4) is 0 Å². The second kappa shape index (κ2) is 8.55. The number of likely N-dealkylation sites (N-methyl/N-ethyl adjacent to an activating group) is 1. The highest BCUT2D eigenvalue weighted by Crippen LogP contribution is 2.33. The second-order valence-electron chi connectivity index (χ2n) is 6.42. The van der Waals surface area contributed by atoms with Crippen LogP contribution in [0.1, 0.15) is 31.4 Å². The molecule has 1 aromatic rings. The standard InChI is InChI=1S/C17H21F4N3O3/c1-2-24(9-14(25)26)13-7-12(8-13)22-16(27)23-15(17(19,20)21)10-3-5-11(18)6-4-10/h3-6,12-13,15H,2,7-9H2,1H3,(H,25,26)(H2,22,23,27)/t12?,13?,15-/m0/s1. The number of aliphatic carboxylic acids is 1. The number of rotatable bonds is 7. The predicted molar refractivity (Wildman–Crippen MR) is 88.6 cm³/mol. The first-order valence-corrected chi connectivity index (χ1v) is 8.45. The molecule has 0 spiro atoms. The lowest BCUT2D eigenvalue weighted by molar-refractivity contribution is -0.155. The molecule has 27 heavy (non-hydrogen) atoms. The molecule has 1 aliphatic rings. The largest absolute Gasteiger partial charge is 0.480 e. The van der Waals surface area contributed by atoms with Gasteiger partial charge < -0.3 is 15.7 Å². The molecule has 0 bridgehead atoms. The molecule has 0 aliphatic heterocycles. The van der Waals surface area contributed by atoms with E-state index in [1.807, 2.05) is 12.2 Å². The Morgan fingerprint density at radius 1 is 1.26 bits per heavy atom. The zero-order valence-corrected chi connectivity index (χ0v) is 14.6. The Morgan fingerprint density at radius 3 is 2.33 bits per heavy atom. The van der Waals surface area contributed by atoms with Crippen LogP contribution < -0.4 is 10.6 Å². The Kier molecular flexibility index (Phi) is 6.63. The van der Waals surface area contributed by atoms with Crippen LogP contribution in [0.2, 0.25) is 0 Å². The average Bonchev–Trinajstić information content (AvgIpc) is 2.53. The molecule has 0 saturated heterocycles. The summed E-state index contributed by atoms with van der Waals surface area (Å²) in [6.45, 7) is 2.21. The minimum Gasteiger partial charge on any atom is -0.480 e. The van der Waals surface area contributed by atoms with Crippen molar-refractivity contribution in [2.45, 2.75) is 44.1 Å². The lowest BCUT2D eigenvalue weighted by atomic mass is 9.85. The van der Waals surface area contributed by atoms with Crippen LogP contribution in [0.25, 0.3) is 0 Å². The van der Waals surface area contributed by atoms with Crippen molar-refractivity contribution in [3.63, 3.8) is 0 Å². The average molecular weight is 391 g/mol. The van der Waals surface area contributed by atoms with Crippen molar-refractivity contribution in [2.75, 3.05) is 13.1 Å². The van der Waals surface area contributed by atoms with Crippen LogP contribution in [-0.4, -0.2) is 53.4 Å². The number of hydrogen-bond acceptors (Lipinski definition) is 3. The second-order valence-corrected chi connectivity index (χ2v) is 6.42. The van der Waals surface area contributed by atoms with E-state index in [9.17, 15) is 27.2 Å². The van der Waals surface area contributed by atoms with Gasteiger partial charge in [-0.25, -0.2) is 9.18 Å². The van der Waals surface area contributed by atoms with Crippen LogP contribution in [0, 0.1) is 5.82 Å². The van der Waals surface area contributed by atoms with Crippen LogP contribution in [-0.2, 0) is 4.79 Å². The maximum Gasteiger partial charge on any atom is 0.412 e. The molecular formula is C17H21F4N3O3. The highest BCUT2D eigenvalue weighted by atomic mass is 19.4. The molecule has 2 amide bonds. The van der Waals surface area contributed by atoms with Gasteiger partial charge in [0.1, 0.15) is 5.82 Å². The van der Waals surface area contributed by atoms with Gasteiger partial charge in [0.15, 0.2) is 6.04 Å². The third-order valence-corrected chi connectivity index (χ3v) is 4.52. The Hall–Kier alpha value is -2.36. The molecule has 1 aromatic carbocycles. The Labute approximate surface area is 153 Å². The summed E-state index contributed by atoms with van der Waals surface area (Å²) in [6, 6.07) is 0.125. The molecule has 6 nitrogen and oxygen atoms in total. The first-order chi connectivity index (χ1) is 12.6. The van der Waals surface area contributed by atoms with Gasteiger partial charge in [0, 0.05) is 12.1 Å². The molecule has 2 rings (SSSR count). The molecule has 1 atom stereocenters. The van der Waals surface area contributed by atoms with E-state index < -0.39 is 30.0 Å². The fourth-order valence-electron chi connectivity index (χ4n) is 3.04. The van der Waals surface area contributed by atoms with Gasteiger partial charge in [-0.15, -0.1) is 0 Å². The molecule has 1 saturated carbocycles. The summed E-state index contributed by atoms with van der Waals surface area (Å²) >= 11 is 0. The van der Waals surface area contributed by atoms with E-state index >= 15 is 0 Å². The highest BCUT2D eigenvalue weighted by molar-refractivity contribution is 5.75. The van der Waals surface area contributed by atoms with Crippen LogP contribution in [0.4, 0.5) is 22.4 Å². The number of hydrogen-bond donors (Lipinski definition) is 3. The molecule has 3 N–H and O–H groups in total. The molecule has 0 unspecified atom stereocenters. The summed E-state index contributed by atoms with van der Waals surface area (Å²) in [7, 11) is 0. The summed E-state index contributed by atoms with van der Waals surface area (Å²) in [4.78, 5) is 24.5. The summed E-state index contributed by atoms with van der Waals surface area (Å²) in [6.07, 6.45) is -3.82. The molecule has 0 heterocycles. The SMILES string of the molecule is CCN(CC(=O)O)C1CC(NC(=O)N[C@@H](c2ccc(F)cc2)C(F)(F)F)C1. The van der Waals surface area contributed by atoms with Crippen molar-refractivity contribution >= 4 is 12.0 Å². The predicted octanol–water partition coefficient (Wildman–Crippen LogP) is 2.67. The number of alkyl halides is 3. The number of carbonyl (C=O) groups is 2. The normalized spacial score (nSPS) is 20.7. The minimum atomic E-state index is -4.74. The van der Waals surface area contributed by atoms with E-state index in [1.54, 1.807) is 4.90 Å². The lowest BCUT2D eigenvalue weighted by Crippen LogP contribution is -2.57. The summed E-state index contributed by atoms with van der Waals surface area (Å²) in [5.41, 5.74) is -0.274. The van der Waals surface area contributed by atoms with Crippen molar-refractivity contribution in [3.05, 3.63) is 35.6 Å². The zero-order valence-electron chi connectivity index (χ0n) is 14.6. The molecular weight excluding hydrogens is 370 g/mol. The Morgan fingerprint density at radius 2 is 1.85 bits per heavy atom. The first-order valence-electron chi connectivity index (χ1n) is 8.45. The van der Waals surface area contributed by atoms with E-state index in [1.165, 1.54) is 0 Å². The van der Waals surface area contributed by atoms with Crippen molar-refractivity contribution in [1.82, 2.24) is 15.5 Å². The number of nitrogens with one attached hydrogen (secondary N) is 2. The molecule has 10 heteroatoms. The van der Waals surface area contributed by atoms with E-state index in [-0.39, 0.29) is 24.2 Å². The maximum absolute atomic E-state index is 13.2. The fourth-order valence-corrected chi connectivity index (χ4v) is 3.04. The number of urea groups is 1. The van der Waals surface area contributed by atoms with Gasteiger partial charge in [-0.2, -0.15) is 13.2 Å². The van der Waals surface area contributed by atoms with E-state index in [0.717, 1.165) is 24.3 Å². The molecule has 1 fully saturated rings. The number of halogens is 4. The number of carboxylic acids is 1. The fraction of sp³-hybridized carbons (Fsp3) is 0.529. The molecule has 150 valence electrons. The van der Waals surface area contributed by atoms with Crippen molar-refractivity contribution in [2.24, 2.45) is 0 Å². The van der Waals surface area contributed by atoms with Crippen molar-refractivity contribution in [1.29, 1.82) is 0 Å². The highest BCUT2D eigenvalue weighted by Gasteiger charge is 2.42. The number of carboxylic acid groups (broad SMARTS) is 1. The smallest absolute Gasteiger partial charge is 0.412 e. The van der Waals surface area contributed by atoms with Crippen molar-refractivity contribution < 1.29 is 32.3 Å². The van der Waals surface area contributed by atoms with Gasteiger partial charge in [0.25, 0.3) is 0 Å². The summed E-state index contributed by atoms with van der Waals surface area (Å²) in [5.74, 6) is -1.63. The number of carbonyl (C=O) groups excluding carboxylic acids is 1. The Balaban J connectivity index is 1.90. The Bertz CT molecular complexity index is 660. The van der Waals surface area contributed by atoms with Gasteiger partial charge in [-0.3, -0.25) is 9.69 Å². The number of nitrogens with zero attached hydrogens (tertiary/aromatic N) is 1. The van der Waals surface area contributed by atoms with Gasteiger partial charge in [0.05, 0.1) is 6.54 Å². The van der Waals surface area contributed by atoms with Gasteiger partial charge in [-0.1, -0.05) is 19.1 Å². The minimum absolute atomic E-state index is 0.0353. The van der Waals surface area contributed by atoms with Gasteiger partial charge in [-0.05, 0) is 37.1 Å². The quantitative estimate of drug-likeness (QED) is 0.625. The zero-order chi connectivity index (χ0) is 20.2. The van der Waals surface area contributed by atoms with Crippen LogP contribution >= 0.6 is 0 Å². The summed E-state index contributed by atoms with van der Waals surface area (Å²) in [5, 5.41) is 13.2. The third kappa shape index (κ3) is 5.81. The maximum atomic E-state index is 13.2. The monoisotopic (exact) mass is 391 g/mol. The molecule has 0 aromatic heterocycles. The van der Waals surface area contributed by atoms with Crippen LogP contribution in [0.5, 0.6) is 0 Å². The number of amides is 2. The lowest BCUT2D eigenvalue weighted by Gasteiger charge is -2.42. The van der Waals surface area contributed by atoms with Crippen LogP contribution in [0.15, 0.2) is 24.3 Å². The first kappa shape index (κ1) is 20.9. The topological polar surface area (TPSA) is 81.7 Å². The molecule has 0 radical (unpaired) electrons. The van der Waals surface area contributed by atoms with E-state index in [4.69, 9.17) is 5.11 Å². The summed E-state index contributed by atoms with van der Waals surface area (Å²) < 4.78 is 52.6. The third-order valence-electron chi connectivity index (χ3n) is 4.52. The van der Waals surface area contributed by atoms with E-state index in [0.29, 0.717) is 19.4 Å². The number of benzene rings is 1. The van der Waals surface area contributed by atoms with Gasteiger partial charge >= 0.3 is 18.2 Å². The van der Waals surface area contributed by atoms with E-state index in [2.05, 4.69) is 5.32 Å². The van der Waals surface area contributed by atoms with Gasteiger partial charge in [0.2, 0.25) is 0 Å². The molecule has 1 aliphatic carbocycles.